The molecule has 1 N–H and O–H groups in total. The molecule has 0 rings (SSSR count). The second-order valence-electron chi connectivity index (χ2n) is 5.85. The van der Waals surface area contributed by atoms with Gasteiger partial charge in [-0.05, 0) is 20.8 Å². The number of carbonyl (C=O) groups excluding carboxylic acids is 2. The summed E-state index contributed by atoms with van der Waals surface area (Å²) in [5.74, 6) is -7.25. The molecule has 1 unspecified atom stereocenters. The molecule has 0 aliphatic carbocycles. The van der Waals surface area contributed by atoms with Gasteiger partial charge in [-0.15, -0.1) is 0 Å². The second-order valence-corrected chi connectivity index (χ2v) is 7.39. The average molecular weight is 442 g/mol. The van der Waals surface area contributed by atoms with E-state index in [1.165, 1.54) is 13.8 Å². The van der Waals surface area contributed by atoms with Crippen LogP contribution >= 0.6 is 0 Å². The van der Waals surface area contributed by atoms with E-state index in [2.05, 4.69) is 20.8 Å². The molecule has 8 nitrogen and oxygen atoms in total. The fraction of sp³-hybridized carbons (Fsp3) is 0.714. The standard InChI is InChI=1S/C14H19F5O8S/c1-8(2)11(21)27-12(14(17,18)19,7-10(20)26-9(3)4)25-6-5-13(15,16)28(22,23)24/h9H,1,5-7H2,2-4H3,(H,22,23,24). The van der Waals surface area contributed by atoms with E-state index in [1.807, 2.05) is 0 Å². The summed E-state index contributed by atoms with van der Waals surface area (Å²) in [6.45, 7) is 4.98. The Labute approximate surface area is 157 Å². The van der Waals surface area contributed by atoms with Crippen LogP contribution in [0.3, 0.4) is 0 Å². The van der Waals surface area contributed by atoms with Crippen LogP contribution in [0.2, 0.25) is 0 Å². The number of hydrogen-bond donors (Lipinski definition) is 1. The van der Waals surface area contributed by atoms with Gasteiger partial charge in [0.15, 0.2) is 0 Å². The van der Waals surface area contributed by atoms with Gasteiger partial charge in [0.2, 0.25) is 0 Å². The van der Waals surface area contributed by atoms with Gasteiger partial charge in [-0.25, -0.2) is 4.79 Å². The van der Waals surface area contributed by atoms with Crippen LogP contribution in [0.15, 0.2) is 12.2 Å². The first-order chi connectivity index (χ1) is 12.3. The van der Waals surface area contributed by atoms with Crippen LogP contribution in [0.25, 0.3) is 0 Å². The molecule has 1 atom stereocenters. The summed E-state index contributed by atoms with van der Waals surface area (Å²) in [5.41, 5.74) is -0.530. The highest BCUT2D eigenvalue weighted by Crippen LogP contribution is 2.39. The predicted molar refractivity (Wildman–Crippen MR) is 82.6 cm³/mol. The van der Waals surface area contributed by atoms with Crippen molar-refractivity contribution < 1.29 is 58.7 Å². The van der Waals surface area contributed by atoms with E-state index in [4.69, 9.17) is 4.55 Å². The average Bonchev–Trinajstić information content (AvgIpc) is 2.42. The molecule has 0 bridgehead atoms. The lowest BCUT2D eigenvalue weighted by molar-refractivity contribution is -0.367. The molecule has 0 saturated heterocycles. The molecular weight excluding hydrogens is 423 g/mol. The van der Waals surface area contributed by atoms with Gasteiger partial charge in [0, 0.05) is 5.57 Å². The Balaban J connectivity index is 5.81. The Morgan fingerprint density at radius 1 is 1.14 bits per heavy atom. The molecule has 0 saturated carbocycles. The number of hydrogen-bond acceptors (Lipinski definition) is 7. The second kappa shape index (κ2) is 9.13. The van der Waals surface area contributed by atoms with Gasteiger partial charge >= 0.3 is 39.3 Å². The lowest BCUT2D eigenvalue weighted by Crippen LogP contribution is -2.53. The quantitative estimate of drug-likeness (QED) is 0.180. The van der Waals surface area contributed by atoms with Crippen molar-refractivity contribution in [1.82, 2.24) is 0 Å². The summed E-state index contributed by atoms with van der Waals surface area (Å²) in [6.07, 6.45) is -10.2. The highest BCUT2D eigenvalue weighted by molar-refractivity contribution is 7.86. The van der Waals surface area contributed by atoms with Crippen molar-refractivity contribution in [3.05, 3.63) is 12.2 Å². The Hall–Kier alpha value is -1.80. The number of esters is 2. The molecule has 0 aromatic heterocycles. The van der Waals surface area contributed by atoms with E-state index >= 15 is 0 Å². The van der Waals surface area contributed by atoms with E-state index in [0.29, 0.717) is 0 Å². The minimum Gasteiger partial charge on any atom is -0.463 e. The van der Waals surface area contributed by atoms with Crippen molar-refractivity contribution in [2.75, 3.05) is 6.61 Å². The molecule has 0 heterocycles. The van der Waals surface area contributed by atoms with Gasteiger partial charge in [0.05, 0.1) is 19.1 Å². The van der Waals surface area contributed by atoms with E-state index in [9.17, 15) is 40.0 Å². The Morgan fingerprint density at radius 2 is 1.64 bits per heavy atom. The minimum atomic E-state index is -5.94. The number of rotatable bonds is 10. The Bertz CT molecular complexity index is 701. The molecule has 0 aromatic rings. The molecule has 14 heteroatoms. The number of ether oxygens (including phenoxy) is 3. The van der Waals surface area contributed by atoms with Crippen LogP contribution in [0, 0.1) is 0 Å². The maximum atomic E-state index is 13.6. The van der Waals surface area contributed by atoms with Gasteiger partial charge in [0.1, 0.15) is 6.42 Å². The summed E-state index contributed by atoms with van der Waals surface area (Å²) in [5, 5.41) is -4.85. The molecule has 0 radical (unpaired) electrons. The van der Waals surface area contributed by atoms with Gasteiger partial charge in [-0.1, -0.05) is 6.58 Å². The third-order valence-corrected chi connectivity index (χ3v) is 3.85. The third kappa shape index (κ3) is 7.31. The zero-order valence-electron chi connectivity index (χ0n) is 15.0. The topological polar surface area (TPSA) is 116 Å². The molecule has 0 fully saturated rings. The molecule has 164 valence electrons. The summed E-state index contributed by atoms with van der Waals surface area (Å²) >= 11 is 0. The molecule has 0 aliphatic heterocycles. The maximum absolute atomic E-state index is 13.6. The largest absolute Gasteiger partial charge is 0.463 e. The molecule has 0 aliphatic rings. The highest BCUT2D eigenvalue weighted by Gasteiger charge is 2.62. The fourth-order valence-corrected chi connectivity index (χ4v) is 1.89. The Kier molecular flexibility index (Phi) is 8.55. The smallest absolute Gasteiger partial charge is 0.456 e. The maximum Gasteiger partial charge on any atom is 0.456 e. The van der Waals surface area contributed by atoms with E-state index < -0.39 is 70.4 Å². The van der Waals surface area contributed by atoms with Crippen LogP contribution in [-0.4, -0.2) is 54.8 Å². The van der Waals surface area contributed by atoms with E-state index in [1.54, 1.807) is 0 Å². The van der Waals surface area contributed by atoms with Crippen molar-refractivity contribution in [1.29, 1.82) is 0 Å². The molecular formula is C14H19F5O8S. The lowest BCUT2D eigenvalue weighted by Gasteiger charge is -2.34. The lowest BCUT2D eigenvalue weighted by atomic mass is 10.1. The number of carbonyl (C=O) groups is 2. The summed E-state index contributed by atoms with van der Waals surface area (Å²) in [6, 6.07) is 0. The van der Waals surface area contributed by atoms with Gasteiger partial charge in [-0.3, -0.25) is 9.35 Å². The summed E-state index contributed by atoms with van der Waals surface area (Å²) in [7, 11) is -5.94. The zero-order chi connectivity index (χ0) is 22.6. The van der Waals surface area contributed by atoms with Crippen LogP contribution in [0.4, 0.5) is 22.0 Å². The molecule has 0 amide bonds. The zero-order valence-corrected chi connectivity index (χ0v) is 15.8. The SMILES string of the molecule is C=C(C)C(=O)OC(CC(=O)OC(C)C)(OCCC(F)(F)S(=O)(=O)O)C(F)(F)F. The van der Waals surface area contributed by atoms with Crippen LogP contribution in [0.5, 0.6) is 0 Å². The number of alkyl halides is 5. The summed E-state index contributed by atoms with van der Waals surface area (Å²) in [4.78, 5) is 23.3. The molecule has 0 aromatic carbocycles. The summed E-state index contributed by atoms with van der Waals surface area (Å²) < 4.78 is 109. The van der Waals surface area contributed by atoms with Crippen molar-refractivity contribution in [2.24, 2.45) is 0 Å². The van der Waals surface area contributed by atoms with E-state index in [0.717, 1.165) is 6.92 Å². The minimum absolute atomic E-state index is 0.530. The fourth-order valence-electron chi connectivity index (χ4n) is 1.55. The first kappa shape index (κ1) is 26.2. The molecule has 28 heavy (non-hydrogen) atoms. The third-order valence-electron chi connectivity index (χ3n) is 2.89. The van der Waals surface area contributed by atoms with E-state index in [-0.39, 0.29) is 0 Å². The predicted octanol–water partition coefficient (Wildman–Crippen LogP) is 2.59. The van der Waals surface area contributed by atoms with Crippen LogP contribution in [-0.2, 0) is 33.9 Å². The van der Waals surface area contributed by atoms with Gasteiger partial charge in [-0.2, -0.15) is 30.4 Å². The normalized spacial score (nSPS) is 15.1. The first-order valence-corrected chi connectivity index (χ1v) is 8.92. The van der Waals surface area contributed by atoms with Crippen LogP contribution in [0.1, 0.15) is 33.6 Å². The van der Waals surface area contributed by atoms with Crippen molar-refractivity contribution in [3.63, 3.8) is 0 Å². The van der Waals surface area contributed by atoms with Gasteiger partial charge < -0.3 is 14.2 Å². The highest BCUT2D eigenvalue weighted by atomic mass is 32.2. The monoisotopic (exact) mass is 442 g/mol. The van der Waals surface area contributed by atoms with Crippen molar-refractivity contribution >= 4 is 22.1 Å². The number of halogens is 5. The van der Waals surface area contributed by atoms with Crippen molar-refractivity contribution in [2.45, 2.75) is 56.9 Å². The van der Waals surface area contributed by atoms with Crippen LogP contribution < -0.4 is 0 Å². The van der Waals surface area contributed by atoms with Crippen molar-refractivity contribution in [3.8, 4) is 0 Å². The first-order valence-electron chi connectivity index (χ1n) is 7.48. The molecule has 0 spiro atoms. The Morgan fingerprint density at radius 3 is 2.00 bits per heavy atom. The van der Waals surface area contributed by atoms with Gasteiger partial charge in [0.25, 0.3) is 0 Å².